The third kappa shape index (κ3) is 3.38. The van der Waals surface area contributed by atoms with Crippen molar-refractivity contribution in [3.63, 3.8) is 0 Å². The first-order valence-corrected chi connectivity index (χ1v) is 7.96. The Morgan fingerprint density at radius 3 is 3.05 bits per heavy atom. The fraction of sp³-hybridized carbons (Fsp3) is 0.588. The van der Waals surface area contributed by atoms with E-state index < -0.39 is 0 Å². The Bertz CT molecular complexity index is 507. The molecule has 0 amide bonds. The van der Waals surface area contributed by atoms with Crippen molar-refractivity contribution in [1.29, 1.82) is 0 Å². The van der Waals surface area contributed by atoms with Crippen LogP contribution in [0, 0.1) is 0 Å². The second kappa shape index (κ2) is 6.94. The third-order valence-electron chi connectivity index (χ3n) is 4.36. The van der Waals surface area contributed by atoms with E-state index in [4.69, 9.17) is 14.7 Å². The van der Waals surface area contributed by atoms with Crippen LogP contribution < -0.4 is 4.74 Å². The van der Waals surface area contributed by atoms with E-state index in [0.29, 0.717) is 6.10 Å². The number of benzene rings is 1. The summed E-state index contributed by atoms with van der Waals surface area (Å²) in [6, 6.07) is 6.01. The van der Waals surface area contributed by atoms with E-state index >= 15 is 0 Å². The van der Waals surface area contributed by atoms with Crippen LogP contribution in [0.1, 0.15) is 49.7 Å². The topological polar surface area (TPSA) is 51.1 Å². The predicted molar refractivity (Wildman–Crippen MR) is 81.4 cm³/mol. The minimum Gasteiger partial charge on any atom is -0.493 e. The molecule has 0 bridgehead atoms. The van der Waals surface area contributed by atoms with Crippen molar-refractivity contribution in [3.8, 4) is 5.75 Å². The molecule has 1 atom stereocenters. The van der Waals surface area contributed by atoms with Crippen molar-refractivity contribution < 1.29 is 14.7 Å². The number of hydrogen-bond acceptors (Lipinski definition) is 4. The first-order valence-electron chi connectivity index (χ1n) is 7.96. The summed E-state index contributed by atoms with van der Waals surface area (Å²) in [6.45, 7) is 1.64. The molecule has 0 saturated carbocycles. The monoisotopic (exact) mass is 289 g/mol. The van der Waals surface area contributed by atoms with Crippen LogP contribution >= 0.6 is 0 Å². The summed E-state index contributed by atoms with van der Waals surface area (Å²) in [5, 5.41) is 12.5. The van der Waals surface area contributed by atoms with E-state index in [0.717, 1.165) is 62.3 Å². The molecule has 1 unspecified atom stereocenters. The Morgan fingerprint density at radius 1 is 1.29 bits per heavy atom. The zero-order valence-electron chi connectivity index (χ0n) is 12.4. The average Bonchev–Trinajstić information content (AvgIpc) is 3.04. The fourth-order valence-electron chi connectivity index (χ4n) is 3.27. The van der Waals surface area contributed by atoms with Gasteiger partial charge < -0.3 is 14.7 Å². The molecule has 21 heavy (non-hydrogen) atoms. The molecule has 3 rings (SSSR count). The quantitative estimate of drug-likeness (QED) is 0.512. The van der Waals surface area contributed by atoms with Crippen LogP contribution in [0.5, 0.6) is 5.75 Å². The van der Waals surface area contributed by atoms with E-state index in [-0.39, 0.29) is 0 Å². The lowest BCUT2D eigenvalue weighted by Crippen LogP contribution is -2.14. The van der Waals surface area contributed by atoms with Crippen LogP contribution in [-0.2, 0) is 11.2 Å². The summed E-state index contributed by atoms with van der Waals surface area (Å²) >= 11 is 0. The van der Waals surface area contributed by atoms with Gasteiger partial charge in [-0.2, -0.15) is 0 Å². The van der Waals surface area contributed by atoms with Crippen LogP contribution in [0.25, 0.3) is 0 Å². The number of nitrogens with zero attached hydrogens (tertiary/aromatic N) is 1. The molecule has 0 spiro atoms. The predicted octanol–water partition coefficient (Wildman–Crippen LogP) is 3.54. The van der Waals surface area contributed by atoms with Crippen molar-refractivity contribution >= 4 is 5.71 Å². The molecule has 1 saturated heterocycles. The van der Waals surface area contributed by atoms with Gasteiger partial charge in [-0.15, -0.1) is 0 Å². The van der Waals surface area contributed by atoms with Crippen LogP contribution in [0.3, 0.4) is 0 Å². The summed E-state index contributed by atoms with van der Waals surface area (Å²) in [5.41, 5.74) is 3.01. The van der Waals surface area contributed by atoms with Gasteiger partial charge in [0.2, 0.25) is 0 Å². The Morgan fingerprint density at radius 2 is 2.24 bits per heavy atom. The lowest BCUT2D eigenvalue weighted by molar-refractivity contribution is 0.0981. The van der Waals surface area contributed by atoms with Gasteiger partial charge in [-0.25, -0.2) is 0 Å². The number of hydrogen-bond donors (Lipinski definition) is 1. The zero-order chi connectivity index (χ0) is 14.5. The Kier molecular flexibility index (Phi) is 4.76. The average molecular weight is 289 g/mol. The maximum atomic E-state index is 9.10. The second-order valence-electron chi connectivity index (χ2n) is 5.81. The van der Waals surface area contributed by atoms with Gasteiger partial charge in [-0.05, 0) is 51.0 Å². The maximum Gasteiger partial charge on any atom is 0.123 e. The lowest BCUT2D eigenvalue weighted by atomic mass is 9.89. The summed E-state index contributed by atoms with van der Waals surface area (Å²) in [6.07, 6.45) is 7.78. The number of fused-ring (bicyclic) bond motifs is 1. The molecule has 1 aliphatic carbocycles. The standard InChI is InChI=1S/C17H23NO3/c19-18-16-9-1-8-15-14(16)7-2-10-17(15)21-12-4-6-13-5-3-11-20-13/h2,7,10,13,19H,1,3-6,8-9,11-12H2. The maximum absolute atomic E-state index is 9.10. The largest absolute Gasteiger partial charge is 0.493 e. The van der Waals surface area contributed by atoms with Crippen LogP contribution in [0.4, 0.5) is 0 Å². The molecule has 1 heterocycles. The normalized spacial score (nSPS) is 23.2. The van der Waals surface area contributed by atoms with E-state index in [9.17, 15) is 0 Å². The summed E-state index contributed by atoms with van der Waals surface area (Å²) in [4.78, 5) is 0. The Labute approximate surface area is 125 Å². The number of ether oxygens (including phenoxy) is 2. The molecule has 4 nitrogen and oxygen atoms in total. The molecular weight excluding hydrogens is 266 g/mol. The molecule has 1 aromatic carbocycles. The van der Waals surface area contributed by atoms with Crippen molar-refractivity contribution in [2.75, 3.05) is 13.2 Å². The minimum absolute atomic E-state index is 0.436. The van der Waals surface area contributed by atoms with Crippen molar-refractivity contribution in [2.24, 2.45) is 5.16 Å². The Hall–Kier alpha value is -1.55. The van der Waals surface area contributed by atoms with Gasteiger partial charge >= 0.3 is 0 Å². The molecule has 1 aliphatic heterocycles. The molecule has 1 N–H and O–H groups in total. The van der Waals surface area contributed by atoms with Gasteiger partial charge in [-0.3, -0.25) is 0 Å². The van der Waals surface area contributed by atoms with Gasteiger partial charge in [0.05, 0.1) is 18.4 Å². The van der Waals surface area contributed by atoms with Crippen LogP contribution in [-0.4, -0.2) is 30.2 Å². The van der Waals surface area contributed by atoms with Crippen molar-refractivity contribution in [2.45, 2.75) is 51.0 Å². The number of oxime groups is 1. The smallest absolute Gasteiger partial charge is 0.123 e. The van der Waals surface area contributed by atoms with Gasteiger partial charge in [0.1, 0.15) is 5.75 Å². The molecule has 1 fully saturated rings. The molecule has 0 aromatic heterocycles. The molecule has 1 aromatic rings. The van der Waals surface area contributed by atoms with E-state index in [1.54, 1.807) is 0 Å². The lowest BCUT2D eigenvalue weighted by Gasteiger charge is -2.20. The molecule has 0 radical (unpaired) electrons. The highest BCUT2D eigenvalue weighted by molar-refractivity contribution is 6.02. The summed E-state index contributed by atoms with van der Waals surface area (Å²) in [7, 11) is 0. The molecular formula is C17H23NO3. The highest BCUT2D eigenvalue weighted by atomic mass is 16.5. The fourth-order valence-corrected chi connectivity index (χ4v) is 3.27. The summed E-state index contributed by atoms with van der Waals surface area (Å²) in [5.74, 6) is 0.945. The van der Waals surface area contributed by atoms with Crippen molar-refractivity contribution in [3.05, 3.63) is 29.3 Å². The second-order valence-corrected chi connectivity index (χ2v) is 5.81. The SMILES string of the molecule is ON=C1CCCc2c(OCCCC3CCCO3)cccc21. The molecule has 4 heteroatoms. The zero-order valence-corrected chi connectivity index (χ0v) is 12.4. The van der Waals surface area contributed by atoms with Gasteiger partial charge in [0, 0.05) is 17.7 Å². The van der Waals surface area contributed by atoms with Crippen molar-refractivity contribution in [1.82, 2.24) is 0 Å². The van der Waals surface area contributed by atoms with Gasteiger partial charge in [0.15, 0.2) is 0 Å². The first-order chi connectivity index (χ1) is 10.4. The summed E-state index contributed by atoms with van der Waals surface area (Å²) < 4.78 is 11.6. The van der Waals surface area contributed by atoms with Gasteiger partial charge in [0.25, 0.3) is 0 Å². The van der Waals surface area contributed by atoms with Gasteiger partial charge in [-0.1, -0.05) is 17.3 Å². The molecule has 2 aliphatic rings. The van der Waals surface area contributed by atoms with E-state index in [1.165, 1.54) is 18.4 Å². The number of rotatable bonds is 5. The highest BCUT2D eigenvalue weighted by Crippen LogP contribution is 2.30. The van der Waals surface area contributed by atoms with E-state index in [1.807, 2.05) is 18.2 Å². The Balaban J connectivity index is 1.58. The van der Waals surface area contributed by atoms with Crippen LogP contribution in [0.2, 0.25) is 0 Å². The van der Waals surface area contributed by atoms with Crippen LogP contribution in [0.15, 0.2) is 23.4 Å². The first kappa shape index (κ1) is 14.4. The molecule has 114 valence electrons. The minimum atomic E-state index is 0.436. The highest BCUT2D eigenvalue weighted by Gasteiger charge is 2.19. The van der Waals surface area contributed by atoms with E-state index in [2.05, 4.69) is 5.16 Å². The third-order valence-corrected chi connectivity index (χ3v) is 4.36.